The lowest BCUT2D eigenvalue weighted by Crippen LogP contribution is -2.26. The van der Waals surface area contributed by atoms with Gasteiger partial charge in [-0.15, -0.1) is 16.4 Å². The molecule has 27 heavy (non-hydrogen) atoms. The molecule has 2 heterocycles. The van der Waals surface area contributed by atoms with Crippen LogP contribution >= 0.6 is 11.3 Å². The van der Waals surface area contributed by atoms with E-state index in [0.29, 0.717) is 18.8 Å². The highest BCUT2D eigenvalue weighted by Crippen LogP contribution is 2.21. The number of nitrogens with zero attached hydrogens (tertiary/aromatic N) is 3. The second kappa shape index (κ2) is 7.22. The van der Waals surface area contributed by atoms with E-state index in [4.69, 9.17) is 0 Å². The van der Waals surface area contributed by atoms with Gasteiger partial charge in [0.05, 0.1) is 10.6 Å². The van der Waals surface area contributed by atoms with Gasteiger partial charge in [-0.3, -0.25) is 0 Å². The van der Waals surface area contributed by atoms with E-state index >= 15 is 0 Å². The van der Waals surface area contributed by atoms with Gasteiger partial charge in [0.25, 0.3) is 0 Å². The minimum absolute atomic E-state index is 0.274. The topological polar surface area (TPSA) is 76.4 Å². The summed E-state index contributed by atoms with van der Waals surface area (Å²) in [6, 6.07) is 16.6. The summed E-state index contributed by atoms with van der Waals surface area (Å²) in [6.45, 7) is 2.22. The van der Waals surface area contributed by atoms with Crippen LogP contribution < -0.4 is 4.72 Å². The minimum atomic E-state index is -3.51. The molecule has 2 aromatic carbocycles. The molecular weight excluding hydrogens is 380 g/mol. The Labute approximate surface area is 161 Å². The number of rotatable bonds is 6. The number of thiazole rings is 1. The van der Waals surface area contributed by atoms with Gasteiger partial charge < -0.3 is 0 Å². The van der Waals surface area contributed by atoms with E-state index in [0.717, 1.165) is 21.8 Å². The zero-order valence-corrected chi connectivity index (χ0v) is 16.3. The molecule has 0 fully saturated rings. The maximum Gasteiger partial charge on any atom is 0.240 e. The van der Waals surface area contributed by atoms with Crippen molar-refractivity contribution in [2.75, 3.05) is 6.54 Å². The van der Waals surface area contributed by atoms with Gasteiger partial charge in [-0.2, -0.15) is 4.98 Å². The molecule has 0 atom stereocenters. The van der Waals surface area contributed by atoms with E-state index in [1.807, 2.05) is 42.6 Å². The largest absolute Gasteiger partial charge is 0.240 e. The molecule has 8 heteroatoms. The Morgan fingerprint density at radius 2 is 1.81 bits per heavy atom. The average molecular weight is 399 g/mol. The smallest absolute Gasteiger partial charge is 0.211 e. The van der Waals surface area contributed by atoms with Crippen LogP contribution in [0.3, 0.4) is 0 Å². The van der Waals surface area contributed by atoms with E-state index in [1.54, 1.807) is 28.8 Å². The number of aromatic nitrogens is 3. The Bertz CT molecular complexity index is 1160. The molecule has 2 aromatic heterocycles. The lowest BCUT2D eigenvalue weighted by molar-refractivity contribution is 0.581. The maximum atomic E-state index is 12.4. The monoisotopic (exact) mass is 398 g/mol. The highest BCUT2D eigenvalue weighted by Gasteiger charge is 2.15. The van der Waals surface area contributed by atoms with Gasteiger partial charge in [-0.25, -0.2) is 17.7 Å². The van der Waals surface area contributed by atoms with Crippen LogP contribution in [0.15, 0.2) is 64.9 Å². The van der Waals surface area contributed by atoms with Crippen LogP contribution in [-0.4, -0.2) is 29.6 Å². The summed E-state index contributed by atoms with van der Waals surface area (Å²) in [5.41, 5.74) is 2.91. The fraction of sp³-hybridized carbons (Fsp3) is 0.158. The van der Waals surface area contributed by atoms with Crippen molar-refractivity contribution in [1.82, 2.24) is 19.3 Å². The van der Waals surface area contributed by atoms with Crippen molar-refractivity contribution in [2.24, 2.45) is 0 Å². The molecule has 0 aliphatic heterocycles. The molecule has 0 amide bonds. The second-order valence-electron chi connectivity index (χ2n) is 6.18. The molecule has 0 unspecified atom stereocenters. The normalized spacial score (nSPS) is 11.9. The predicted octanol–water partition coefficient (Wildman–Crippen LogP) is 3.29. The van der Waals surface area contributed by atoms with Crippen molar-refractivity contribution in [3.63, 3.8) is 0 Å². The Morgan fingerprint density at radius 3 is 2.56 bits per heavy atom. The molecule has 0 radical (unpaired) electrons. The molecule has 0 saturated carbocycles. The van der Waals surface area contributed by atoms with Crippen LogP contribution in [-0.2, 0) is 16.4 Å². The lowest BCUT2D eigenvalue weighted by Gasteiger charge is -2.06. The summed E-state index contributed by atoms with van der Waals surface area (Å²) in [4.78, 5) is 5.62. The lowest BCUT2D eigenvalue weighted by atomic mass is 10.2. The van der Waals surface area contributed by atoms with Crippen LogP contribution in [0.25, 0.3) is 16.3 Å². The van der Waals surface area contributed by atoms with Gasteiger partial charge in [-0.1, -0.05) is 48.0 Å². The number of benzene rings is 2. The summed E-state index contributed by atoms with van der Waals surface area (Å²) < 4.78 is 29.2. The van der Waals surface area contributed by atoms with Crippen LogP contribution in [0, 0.1) is 6.92 Å². The van der Waals surface area contributed by atoms with Crippen molar-refractivity contribution in [2.45, 2.75) is 18.2 Å². The molecular formula is C19H18N4O2S2. The second-order valence-corrected chi connectivity index (χ2v) is 8.79. The van der Waals surface area contributed by atoms with E-state index in [9.17, 15) is 8.42 Å². The number of hydrogen-bond donors (Lipinski definition) is 1. The summed E-state index contributed by atoms with van der Waals surface area (Å²) in [6.07, 6.45) is 0.530. The van der Waals surface area contributed by atoms with Crippen LogP contribution in [0.2, 0.25) is 0 Å². The third-order valence-electron chi connectivity index (χ3n) is 4.19. The van der Waals surface area contributed by atoms with E-state index in [1.165, 1.54) is 11.3 Å². The third-order valence-corrected chi connectivity index (χ3v) is 6.53. The third kappa shape index (κ3) is 3.78. The summed E-state index contributed by atoms with van der Waals surface area (Å²) in [5.74, 6) is 0.670. The first-order valence-corrected chi connectivity index (χ1v) is 10.8. The molecule has 4 rings (SSSR count). The van der Waals surface area contributed by atoms with Gasteiger partial charge in [-0.05, 0) is 19.1 Å². The van der Waals surface area contributed by atoms with Crippen LogP contribution in [0.1, 0.15) is 11.3 Å². The van der Waals surface area contributed by atoms with Crippen molar-refractivity contribution in [3.05, 3.63) is 71.2 Å². The number of fused-ring (bicyclic) bond motifs is 1. The quantitative estimate of drug-likeness (QED) is 0.541. The SMILES string of the molecule is Cc1ccc(S(=O)(=O)NCCc2csc3nc(-c4ccccc4)nn23)cc1. The van der Waals surface area contributed by atoms with Gasteiger partial charge in [0.2, 0.25) is 15.0 Å². The molecule has 0 spiro atoms. The predicted molar refractivity (Wildman–Crippen MR) is 106 cm³/mol. The van der Waals surface area contributed by atoms with E-state index in [-0.39, 0.29) is 4.90 Å². The van der Waals surface area contributed by atoms with Crippen molar-refractivity contribution < 1.29 is 8.42 Å². The Kier molecular flexibility index (Phi) is 4.77. The van der Waals surface area contributed by atoms with Gasteiger partial charge in [0.15, 0.2) is 5.82 Å². The van der Waals surface area contributed by atoms with Crippen LogP contribution in [0.5, 0.6) is 0 Å². The number of nitrogens with one attached hydrogen (secondary N) is 1. The first-order chi connectivity index (χ1) is 13.0. The Hall–Kier alpha value is -2.55. The molecule has 1 N–H and O–H groups in total. The molecule has 0 saturated heterocycles. The maximum absolute atomic E-state index is 12.4. The average Bonchev–Trinajstić information content (AvgIpc) is 3.24. The summed E-state index contributed by atoms with van der Waals surface area (Å²) in [7, 11) is -3.51. The fourth-order valence-electron chi connectivity index (χ4n) is 2.72. The number of hydrogen-bond acceptors (Lipinski definition) is 5. The van der Waals surface area contributed by atoms with Crippen LogP contribution in [0.4, 0.5) is 0 Å². The molecule has 138 valence electrons. The Balaban J connectivity index is 1.48. The number of sulfonamides is 1. The van der Waals surface area contributed by atoms with E-state index in [2.05, 4.69) is 14.8 Å². The highest BCUT2D eigenvalue weighted by molar-refractivity contribution is 7.89. The first-order valence-electron chi connectivity index (χ1n) is 8.48. The summed E-state index contributed by atoms with van der Waals surface area (Å²) >= 11 is 1.50. The minimum Gasteiger partial charge on any atom is -0.211 e. The fourth-order valence-corrected chi connectivity index (χ4v) is 4.61. The molecule has 6 nitrogen and oxygen atoms in total. The molecule has 0 bridgehead atoms. The van der Waals surface area contributed by atoms with Gasteiger partial charge in [0, 0.05) is 23.9 Å². The van der Waals surface area contributed by atoms with Gasteiger partial charge in [0.1, 0.15) is 0 Å². The first kappa shape index (κ1) is 17.8. The molecule has 0 aliphatic rings. The highest BCUT2D eigenvalue weighted by atomic mass is 32.2. The molecule has 4 aromatic rings. The zero-order chi connectivity index (χ0) is 18.9. The standard InChI is InChI=1S/C19H18N4O2S2/c1-14-7-9-17(10-8-14)27(24,25)20-12-11-16-13-26-19-21-18(22-23(16)19)15-5-3-2-4-6-15/h2-10,13,20H,11-12H2,1H3. The van der Waals surface area contributed by atoms with Crippen molar-refractivity contribution in [3.8, 4) is 11.4 Å². The van der Waals surface area contributed by atoms with Gasteiger partial charge >= 0.3 is 0 Å². The zero-order valence-electron chi connectivity index (χ0n) is 14.7. The van der Waals surface area contributed by atoms with E-state index < -0.39 is 10.0 Å². The summed E-state index contributed by atoms with van der Waals surface area (Å²) in [5, 5.41) is 6.53. The van der Waals surface area contributed by atoms with Crippen molar-refractivity contribution >= 4 is 26.3 Å². The van der Waals surface area contributed by atoms with Crippen molar-refractivity contribution in [1.29, 1.82) is 0 Å². The molecule has 0 aliphatic carbocycles. The number of aryl methyl sites for hydroxylation is 1. The Morgan fingerprint density at radius 1 is 1.07 bits per heavy atom.